The first-order chi connectivity index (χ1) is 16.5. The third-order valence-corrected chi connectivity index (χ3v) is 6.39. The molecular formula is C24H29N9O. The van der Waals surface area contributed by atoms with Gasteiger partial charge in [0, 0.05) is 72.4 Å². The van der Waals surface area contributed by atoms with Crippen molar-refractivity contribution in [1.29, 1.82) is 0 Å². The highest BCUT2D eigenvalue weighted by atomic mass is 16.2. The lowest BCUT2D eigenvalue weighted by Gasteiger charge is -2.39. The third kappa shape index (κ3) is 4.01. The number of nitrogens with two attached hydrogens (primary N) is 1. The summed E-state index contributed by atoms with van der Waals surface area (Å²) < 4.78 is 1.89. The Hall–Kier alpha value is -3.79. The van der Waals surface area contributed by atoms with Gasteiger partial charge in [0.15, 0.2) is 0 Å². The number of carbonyl (C=O) groups excluding carboxylic acids is 1. The second kappa shape index (κ2) is 8.86. The van der Waals surface area contributed by atoms with Crippen LogP contribution in [0.4, 0.5) is 5.95 Å². The Kier molecular flexibility index (Phi) is 5.74. The van der Waals surface area contributed by atoms with E-state index >= 15 is 0 Å². The average Bonchev–Trinajstić information content (AvgIpc) is 3.50. The van der Waals surface area contributed by atoms with Gasteiger partial charge in [0.1, 0.15) is 11.8 Å². The summed E-state index contributed by atoms with van der Waals surface area (Å²) in [5.74, 6) is 0.406. The van der Waals surface area contributed by atoms with Gasteiger partial charge in [-0.25, -0.2) is 19.6 Å². The van der Waals surface area contributed by atoms with Gasteiger partial charge < -0.3 is 20.5 Å². The number of nitrogens with zero attached hydrogens (tertiary/aromatic N) is 7. The normalized spacial score (nSPS) is 16.9. The number of fused-ring (bicyclic) bond motifs is 1. The SMILES string of the molecule is CCC(=O)N1CCN(C)CC1n1cc(-c2cnc3[nH]cc(-c4cc(CC)nc(N)n4)c3c2)cn1. The number of piperazine rings is 1. The summed E-state index contributed by atoms with van der Waals surface area (Å²) in [6, 6.07) is 4.05. The van der Waals surface area contributed by atoms with Crippen molar-refractivity contribution in [2.75, 3.05) is 32.4 Å². The monoisotopic (exact) mass is 459 g/mol. The van der Waals surface area contributed by atoms with Crippen LogP contribution in [-0.4, -0.2) is 72.1 Å². The molecule has 0 radical (unpaired) electrons. The summed E-state index contributed by atoms with van der Waals surface area (Å²) in [6.07, 6.45) is 8.69. The summed E-state index contributed by atoms with van der Waals surface area (Å²) in [5.41, 5.74) is 11.2. The Labute approximate surface area is 197 Å². The van der Waals surface area contributed by atoms with Crippen LogP contribution in [0.25, 0.3) is 33.4 Å². The number of hydrogen-bond acceptors (Lipinski definition) is 7. The number of nitrogens with one attached hydrogen (secondary N) is 1. The Balaban J connectivity index is 1.51. The molecule has 5 rings (SSSR count). The molecule has 1 amide bonds. The minimum atomic E-state index is -0.129. The Morgan fingerprint density at radius 1 is 1.18 bits per heavy atom. The topological polar surface area (TPSA) is 122 Å². The zero-order chi connectivity index (χ0) is 23.8. The second-order valence-electron chi connectivity index (χ2n) is 8.67. The van der Waals surface area contributed by atoms with Crippen molar-refractivity contribution >= 4 is 22.9 Å². The van der Waals surface area contributed by atoms with Gasteiger partial charge in [-0.3, -0.25) is 4.79 Å². The first-order valence-electron chi connectivity index (χ1n) is 11.6. The van der Waals surface area contributed by atoms with Gasteiger partial charge in [-0.2, -0.15) is 5.10 Å². The zero-order valence-electron chi connectivity index (χ0n) is 19.7. The number of nitrogen functional groups attached to an aromatic ring is 1. The maximum atomic E-state index is 12.5. The van der Waals surface area contributed by atoms with E-state index in [1.807, 2.05) is 54.3 Å². The fourth-order valence-electron chi connectivity index (χ4n) is 4.48. The van der Waals surface area contributed by atoms with Crippen LogP contribution in [0.2, 0.25) is 0 Å². The highest BCUT2D eigenvalue weighted by Crippen LogP contribution is 2.31. The molecule has 10 nitrogen and oxygen atoms in total. The van der Waals surface area contributed by atoms with E-state index in [0.29, 0.717) is 13.0 Å². The number of likely N-dealkylation sites (N-methyl/N-ethyl adjacent to an activating group) is 1. The molecule has 4 aromatic heterocycles. The molecule has 1 fully saturated rings. The van der Waals surface area contributed by atoms with Gasteiger partial charge in [0.05, 0.1) is 11.9 Å². The molecule has 3 N–H and O–H groups in total. The molecule has 34 heavy (non-hydrogen) atoms. The summed E-state index contributed by atoms with van der Waals surface area (Å²) in [5, 5.41) is 5.57. The third-order valence-electron chi connectivity index (χ3n) is 6.39. The van der Waals surface area contributed by atoms with Gasteiger partial charge in [-0.1, -0.05) is 13.8 Å². The first-order valence-corrected chi connectivity index (χ1v) is 11.6. The van der Waals surface area contributed by atoms with E-state index in [2.05, 4.69) is 43.0 Å². The average molecular weight is 460 g/mol. The van der Waals surface area contributed by atoms with Crippen molar-refractivity contribution in [3.63, 3.8) is 0 Å². The number of aryl methyl sites for hydroxylation is 1. The van der Waals surface area contributed by atoms with Crippen molar-refractivity contribution < 1.29 is 4.79 Å². The molecule has 0 bridgehead atoms. The van der Waals surface area contributed by atoms with Crippen LogP contribution in [0.3, 0.4) is 0 Å². The van der Waals surface area contributed by atoms with Crippen molar-refractivity contribution in [2.24, 2.45) is 0 Å². The van der Waals surface area contributed by atoms with Crippen molar-refractivity contribution in [1.82, 2.24) is 39.5 Å². The highest BCUT2D eigenvalue weighted by Gasteiger charge is 2.30. The fourth-order valence-corrected chi connectivity index (χ4v) is 4.48. The van der Waals surface area contributed by atoms with Gasteiger partial charge in [-0.05, 0) is 25.6 Å². The number of hydrogen-bond donors (Lipinski definition) is 2. The standard InChI is InChI=1S/C24H29N9O/c1-4-17-9-20(30-24(25)29-17)19-12-27-23-18(19)8-15(10-26-23)16-11-28-33(13-16)21-14-31(3)6-7-32(21)22(34)5-2/h8-13,21H,4-7,14H2,1-3H3,(H,26,27)(H2,25,29,30). The van der Waals surface area contributed by atoms with Gasteiger partial charge in [0.2, 0.25) is 11.9 Å². The lowest BCUT2D eigenvalue weighted by Crippen LogP contribution is -2.51. The molecular weight excluding hydrogens is 430 g/mol. The van der Waals surface area contributed by atoms with Crippen LogP contribution in [0.5, 0.6) is 0 Å². The van der Waals surface area contributed by atoms with E-state index in [0.717, 1.165) is 58.6 Å². The molecule has 0 aliphatic carbocycles. The van der Waals surface area contributed by atoms with E-state index in [1.165, 1.54) is 0 Å². The van der Waals surface area contributed by atoms with Crippen LogP contribution in [0.15, 0.2) is 36.9 Å². The lowest BCUT2D eigenvalue weighted by atomic mass is 10.1. The molecule has 10 heteroatoms. The second-order valence-corrected chi connectivity index (χ2v) is 8.67. The van der Waals surface area contributed by atoms with Crippen LogP contribution in [-0.2, 0) is 11.2 Å². The first kappa shape index (κ1) is 22.0. The Morgan fingerprint density at radius 3 is 2.82 bits per heavy atom. The van der Waals surface area contributed by atoms with Gasteiger partial charge in [0.25, 0.3) is 0 Å². The molecule has 5 heterocycles. The van der Waals surface area contributed by atoms with Crippen molar-refractivity contribution in [3.05, 3.63) is 42.6 Å². The van der Waals surface area contributed by atoms with E-state index < -0.39 is 0 Å². The molecule has 0 saturated carbocycles. The molecule has 0 aromatic carbocycles. The number of pyridine rings is 1. The number of aromatic nitrogens is 6. The Morgan fingerprint density at radius 2 is 2.03 bits per heavy atom. The number of H-pyrrole nitrogens is 1. The molecule has 0 spiro atoms. The smallest absolute Gasteiger partial charge is 0.224 e. The summed E-state index contributed by atoms with van der Waals surface area (Å²) >= 11 is 0. The minimum Gasteiger partial charge on any atom is -0.368 e. The molecule has 1 saturated heterocycles. The van der Waals surface area contributed by atoms with E-state index in [1.54, 1.807) is 0 Å². The van der Waals surface area contributed by atoms with Crippen molar-refractivity contribution in [3.8, 4) is 22.4 Å². The lowest BCUT2D eigenvalue weighted by molar-refractivity contribution is -0.138. The maximum absolute atomic E-state index is 12.5. The maximum Gasteiger partial charge on any atom is 0.224 e. The highest BCUT2D eigenvalue weighted by molar-refractivity contribution is 5.95. The number of amides is 1. The van der Waals surface area contributed by atoms with Gasteiger partial charge >= 0.3 is 0 Å². The predicted molar refractivity (Wildman–Crippen MR) is 131 cm³/mol. The number of rotatable bonds is 5. The Bertz CT molecular complexity index is 1340. The van der Waals surface area contributed by atoms with Gasteiger partial charge in [-0.15, -0.1) is 0 Å². The number of aromatic amines is 1. The molecule has 1 aliphatic heterocycles. The molecule has 1 aliphatic rings. The fraction of sp³-hybridized carbons (Fsp3) is 0.375. The van der Waals surface area contributed by atoms with E-state index in [-0.39, 0.29) is 18.0 Å². The minimum absolute atomic E-state index is 0.129. The predicted octanol–water partition coefficient (Wildman–Crippen LogP) is 2.71. The summed E-state index contributed by atoms with van der Waals surface area (Å²) in [6.45, 7) is 6.24. The number of anilines is 1. The van der Waals surface area contributed by atoms with Crippen molar-refractivity contribution in [2.45, 2.75) is 32.9 Å². The van der Waals surface area contributed by atoms with Crippen LogP contribution in [0, 0.1) is 0 Å². The molecule has 1 unspecified atom stereocenters. The summed E-state index contributed by atoms with van der Waals surface area (Å²) in [4.78, 5) is 33.2. The molecule has 1 atom stereocenters. The van der Waals surface area contributed by atoms with E-state index in [4.69, 9.17) is 5.73 Å². The number of carbonyl (C=O) groups is 1. The molecule has 176 valence electrons. The van der Waals surface area contributed by atoms with Crippen LogP contribution < -0.4 is 5.73 Å². The summed E-state index contributed by atoms with van der Waals surface area (Å²) in [7, 11) is 2.07. The van der Waals surface area contributed by atoms with E-state index in [9.17, 15) is 4.79 Å². The molecule has 4 aromatic rings. The quantitative estimate of drug-likeness (QED) is 0.470. The largest absolute Gasteiger partial charge is 0.368 e. The van der Waals surface area contributed by atoms with Crippen LogP contribution >= 0.6 is 0 Å². The zero-order valence-corrected chi connectivity index (χ0v) is 19.7. The van der Waals surface area contributed by atoms with Crippen LogP contribution in [0.1, 0.15) is 32.1 Å².